The Balaban J connectivity index is 0.954. The summed E-state index contributed by atoms with van der Waals surface area (Å²) >= 11 is 0. The average molecular weight is 460 g/mol. The summed E-state index contributed by atoms with van der Waals surface area (Å²) in [5.74, 6) is 4.58. The van der Waals surface area contributed by atoms with Crippen molar-refractivity contribution in [2.24, 2.45) is 23.7 Å². The van der Waals surface area contributed by atoms with Crippen LogP contribution in [-0.4, -0.2) is 42.4 Å². The van der Waals surface area contributed by atoms with Gasteiger partial charge in [0.05, 0.1) is 0 Å². The lowest BCUT2D eigenvalue weighted by molar-refractivity contribution is -0.00522. The van der Waals surface area contributed by atoms with E-state index in [1.165, 1.54) is 68.9 Å². The van der Waals surface area contributed by atoms with E-state index >= 15 is 0 Å². The van der Waals surface area contributed by atoms with Crippen molar-refractivity contribution >= 4 is 0 Å². The normalized spacial score (nSPS) is 32.1. The van der Waals surface area contributed by atoms with Crippen LogP contribution in [0, 0.1) is 23.7 Å². The van der Waals surface area contributed by atoms with Gasteiger partial charge in [-0.3, -0.25) is 0 Å². The van der Waals surface area contributed by atoms with Crippen molar-refractivity contribution in [3.63, 3.8) is 0 Å². The van der Waals surface area contributed by atoms with Gasteiger partial charge in [0.25, 0.3) is 0 Å². The smallest absolute Gasteiger partial charge is 0.119 e. The lowest BCUT2D eigenvalue weighted by Gasteiger charge is -2.57. The molecule has 4 bridgehead atoms. The van der Waals surface area contributed by atoms with Crippen LogP contribution < -0.4 is 4.74 Å². The molecule has 1 unspecified atom stereocenters. The fraction of sp³-hybridized carbons (Fsp3) is 0.613. The van der Waals surface area contributed by atoms with E-state index in [0.717, 1.165) is 42.5 Å². The highest BCUT2D eigenvalue weighted by Crippen LogP contribution is 2.60. The van der Waals surface area contributed by atoms with Gasteiger partial charge >= 0.3 is 0 Å². The van der Waals surface area contributed by atoms with Crippen molar-refractivity contribution in [1.82, 2.24) is 4.90 Å². The molecule has 0 spiro atoms. The van der Waals surface area contributed by atoms with Crippen molar-refractivity contribution in [1.29, 1.82) is 0 Å². The number of piperidine rings is 1. The quantitative estimate of drug-likeness (QED) is 0.538. The van der Waals surface area contributed by atoms with Crippen LogP contribution in [0.15, 0.2) is 54.6 Å². The van der Waals surface area contributed by atoms with Gasteiger partial charge < -0.3 is 14.7 Å². The molecule has 34 heavy (non-hydrogen) atoms. The van der Waals surface area contributed by atoms with E-state index in [1.807, 2.05) is 0 Å². The Morgan fingerprint density at radius 3 is 2.09 bits per heavy atom. The zero-order valence-electron chi connectivity index (χ0n) is 20.6. The van der Waals surface area contributed by atoms with Crippen molar-refractivity contribution in [3.05, 3.63) is 65.7 Å². The molecule has 4 saturated carbocycles. The van der Waals surface area contributed by atoms with Crippen LogP contribution in [0.4, 0.5) is 0 Å². The molecular formula is C31H41NO2. The van der Waals surface area contributed by atoms with Crippen LogP contribution in [0.2, 0.25) is 0 Å². The molecular weight excluding hydrogens is 418 g/mol. The molecule has 2 aromatic rings. The number of aliphatic hydroxyl groups is 1. The molecule has 0 amide bonds. The predicted octanol–water partition coefficient (Wildman–Crippen LogP) is 5.85. The molecule has 3 nitrogen and oxygen atoms in total. The maximum absolute atomic E-state index is 10.6. The van der Waals surface area contributed by atoms with E-state index < -0.39 is 6.10 Å². The van der Waals surface area contributed by atoms with Gasteiger partial charge in [-0.15, -0.1) is 0 Å². The van der Waals surface area contributed by atoms with Gasteiger partial charge in [-0.2, -0.15) is 0 Å². The van der Waals surface area contributed by atoms with Crippen LogP contribution in [0.1, 0.15) is 62.5 Å². The van der Waals surface area contributed by atoms with Gasteiger partial charge in [-0.25, -0.2) is 0 Å². The number of hydrogen-bond acceptors (Lipinski definition) is 3. The minimum atomic E-state index is -0.437. The Labute approximate surface area is 205 Å². The molecule has 5 fully saturated rings. The maximum Gasteiger partial charge on any atom is 0.119 e. The van der Waals surface area contributed by atoms with E-state index in [-0.39, 0.29) is 0 Å². The van der Waals surface area contributed by atoms with Crippen LogP contribution >= 0.6 is 0 Å². The lowest BCUT2D eigenvalue weighted by atomic mass is 9.48. The Morgan fingerprint density at radius 2 is 1.47 bits per heavy atom. The first-order valence-electron chi connectivity index (χ1n) is 13.8. The van der Waals surface area contributed by atoms with Gasteiger partial charge in [0.15, 0.2) is 0 Å². The minimum Gasteiger partial charge on any atom is -0.491 e. The maximum atomic E-state index is 10.6. The van der Waals surface area contributed by atoms with Crippen molar-refractivity contribution in [3.8, 4) is 5.75 Å². The number of hydrogen-bond donors (Lipinski definition) is 1. The summed E-state index contributed by atoms with van der Waals surface area (Å²) in [6, 6.07) is 19.8. The topological polar surface area (TPSA) is 32.7 Å². The Bertz CT molecular complexity index is 896. The Kier molecular flexibility index (Phi) is 6.43. The second-order valence-electron chi connectivity index (χ2n) is 12.1. The Morgan fingerprint density at radius 1 is 0.853 bits per heavy atom. The average Bonchev–Trinajstić information content (AvgIpc) is 2.84. The van der Waals surface area contributed by atoms with Crippen LogP contribution in [-0.2, 0) is 11.8 Å². The first kappa shape index (κ1) is 22.6. The third-order valence-corrected chi connectivity index (χ3v) is 9.49. The molecule has 3 heteroatoms. The summed E-state index contributed by atoms with van der Waals surface area (Å²) in [5.41, 5.74) is 3.43. The largest absolute Gasteiger partial charge is 0.491 e. The number of nitrogens with zero attached hydrogens (tertiary/aromatic N) is 1. The molecule has 1 N–H and O–H groups in total. The highest BCUT2D eigenvalue weighted by Gasteiger charge is 2.51. The van der Waals surface area contributed by atoms with Crippen molar-refractivity contribution in [2.45, 2.75) is 69.3 Å². The highest BCUT2D eigenvalue weighted by atomic mass is 16.5. The van der Waals surface area contributed by atoms with Gasteiger partial charge in [0.2, 0.25) is 0 Å². The number of rotatable bonds is 8. The number of benzene rings is 2. The highest BCUT2D eigenvalue weighted by molar-refractivity contribution is 5.34. The molecule has 0 radical (unpaired) electrons. The van der Waals surface area contributed by atoms with Gasteiger partial charge in [0.1, 0.15) is 18.5 Å². The monoisotopic (exact) mass is 459 g/mol. The van der Waals surface area contributed by atoms with Crippen molar-refractivity contribution < 1.29 is 9.84 Å². The van der Waals surface area contributed by atoms with E-state index in [2.05, 4.69) is 59.5 Å². The first-order chi connectivity index (χ1) is 16.6. The summed E-state index contributed by atoms with van der Waals surface area (Å²) in [4.78, 5) is 2.41. The predicted molar refractivity (Wildman–Crippen MR) is 137 cm³/mol. The van der Waals surface area contributed by atoms with Crippen LogP contribution in [0.25, 0.3) is 0 Å². The molecule has 182 valence electrons. The summed E-state index contributed by atoms with van der Waals surface area (Å²) in [7, 11) is 0. The number of aliphatic hydroxyl groups excluding tert-OH is 1. The van der Waals surface area contributed by atoms with Gasteiger partial charge in [0, 0.05) is 6.54 Å². The SMILES string of the molecule is OC(COc1ccc(C23CC4CC(CC(C4)C2)C3)cc1)CN1CCC(Cc2ccccc2)CC1. The van der Waals surface area contributed by atoms with Gasteiger partial charge in [-0.05, 0) is 123 Å². The molecule has 7 rings (SSSR count). The second-order valence-corrected chi connectivity index (χ2v) is 12.1. The summed E-state index contributed by atoms with van der Waals surface area (Å²) in [6.07, 6.45) is 11.9. The van der Waals surface area contributed by atoms with Crippen LogP contribution in [0.5, 0.6) is 5.75 Å². The molecule has 1 atom stereocenters. The first-order valence-corrected chi connectivity index (χ1v) is 13.8. The molecule has 2 aromatic carbocycles. The standard InChI is InChI=1S/C31H41NO2/c33-29(21-32-12-10-24(11-13-32)14-23-4-2-1-3-5-23)22-34-30-8-6-28(7-9-30)31-18-25-15-26(19-31)17-27(16-25)20-31/h1-9,24-27,29,33H,10-22H2. The summed E-state index contributed by atoms with van der Waals surface area (Å²) < 4.78 is 6.01. The molecule has 1 heterocycles. The summed E-state index contributed by atoms with van der Waals surface area (Å²) in [6.45, 7) is 3.24. The minimum absolute atomic E-state index is 0.376. The lowest BCUT2D eigenvalue weighted by Crippen LogP contribution is -2.48. The molecule has 4 aliphatic carbocycles. The molecule has 0 aromatic heterocycles. The molecule has 1 saturated heterocycles. The summed E-state index contributed by atoms with van der Waals surface area (Å²) in [5, 5.41) is 10.6. The van der Waals surface area contributed by atoms with E-state index in [1.54, 1.807) is 0 Å². The number of likely N-dealkylation sites (tertiary alicyclic amines) is 1. The van der Waals surface area contributed by atoms with Crippen molar-refractivity contribution in [2.75, 3.05) is 26.2 Å². The second kappa shape index (κ2) is 9.66. The van der Waals surface area contributed by atoms with Crippen LogP contribution in [0.3, 0.4) is 0 Å². The molecule has 5 aliphatic rings. The third kappa shape index (κ3) is 4.93. The number of ether oxygens (including phenoxy) is 1. The fourth-order valence-corrected chi connectivity index (χ4v) is 8.23. The van der Waals surface area contributed by atoms with E-state index in [4.69, 9.17) is 4.74 Å². The zero-order valence-corrected chi connectivity index (χ0v) is 20.6. The third-order valence-electron chi connectivity index (χ3n) is 9.49. The van der Waals surface area contributed by atoms with E-state index in [0.29, 0.717) is 18.6 Å². The number of β-amino-alcohol motifs (C(OH)–C–C–N with tert-alkyl or cyclic N) is 1. The van der Waals surface area contributed by atoms with E-state index in [9.17, 15) is 5.11 Å². The zero-order chi connectivity index (χ0) is 23.0. The fourth-order valence-electron chi connectivity index (χ4n) is 8.23. The van der Waals surface area contributed by atoms with Gasteiger partial charge in [-0.1, -0.05) is 42.5 Å². The molecule has 1 aliphatic heterocycles. The Hall–Kier alpha value is -1.84.